The molecule has 0 aliphatic carbocycles. The molecule has 2 aromatic carbocycles. The Labute approximate surface area is 145 Å². The van der Waals surface area contributed by atoms with Gasteiger partial charge in [0, 0.05) is 10.7 Å². The van der Waals surface area contributed by atoms with Crippen LogP contribution in [0.25, 0.3) is 0 Å². The van der Waals surface area contributed by atoms with E-state index in [0.717, 1.165) is 22.5 Å². The maximum absolute atomic E-state index is 12.2. The number of fused-ring (bicyclic) bond motifs is 1. The number of hydrogen-bond donors (Lipinski definition) is 3. The molecule has 0 saturated carbocycles. The van der Waals surface area contributed by atoms with Gasteiger partial charge in [0.2, 0.25) is 11.8 Å². The first-order chi connectivity index (χ1) is 11.4. The van der Waals surface area contributed by atoms with E-state index in [-0.39, 0.29) is 18.2 Å². The molecule has 0 saturated heterocycles. The molecule has 1 heterocycles. The van der Waals surface area contributed by atoms with Crippen molar-refractivity contribution in [1.82, 2.24) is 0 Å². The van der Waals surface area contributed by atoms with E-state index in [1.807, 2.05) is 26.0 Å². The van der Waals surface area contributed by atoms with Gasteiger partial charge in [0.15, 0.2) is 0 Å². The highest BCUT2D eigenvalue weighted by atomic mass is 35.5. The van der Waals surface area contributed by atoms with Crippen LogP contribution < -0.4 is 16.0 Å². The molecule has 1 atom stereocenters. The Morgan fingerprint density at radius 3 is 2.42 bits per heavy atom. The Morgan fingerprint density at radius 1 is 1.12 bits per heavy atom. The standard InChI is InChI=1S/C18H18ClN3O2/c1-10-7-14-15(8-11(10)2)22-18(24)16(21-14)9-17(23)20-13-5-3-12(19)4-6-13/h3-8,16,21H,9H2,1-2H3,(H,20,23)(H,22,24)/t16-/m1/s1. The van der Waals surface area contributed by atoms with E-state index in [1.165, 1.54) is 0 Å². The minimum absolute atomic E-state index is 0.0425. The van der Waals surface area contributed by atoms with Gasteiger partial charge in [-0.15, -0.1) is 0 Å². The number of carbonyl (C=O) groups is 2. The van der Waals surface area contributed by atoms with Gasteiger partial charge < -0.3 is 16.0 Å². The van der Waals surface area contributed by atoms with Gasteiger partial charge in [-0.1, -0.05) is 11.6 Å². The first-order valence-corrected chi connectivity index (χ1v) is 8.04. The monoisotopic (exact) mass is 343 g/mol. The molecule has 0 bridgehead atoms. The predicted octanol–water partition coefficient (Wildman–Crippen LogP) is 3.72. The third kappa shape index (κ3) is 3.51. The zero-order chi connectivity index (χ0) is 17.3. The molecule has 6 heteroatoms. The number of anilines is 3. The van der Waals surface area contributed by atoms with Crippen molar-refractivity contribution in [3.8, 4) is 0 Å². The maximum Gasteiger partial charge on any atom is 0.247 e. The molecule has 24 heavy (non-hydrogen) atoms. The molecular weight excluding hydrogens is 326 g/mol. The zero-order valence-electron chi connectivity index (χ0n) is 13.4. The lowest BCUT2D eigenvalue weighted by Gasteiger charge is -2.27. The van der Waals surface area contributed by atoms with Crippen molar-refractivity contribution in [3.63, 3.8) is 0 Å². The minimum Gasteiger partial charge on any atom is -0.372 e. The average Bonchev–Trinajstić information content (AvgIpc) is 2.52. The molecule has 124 valence electrons. The summed E-state index contributed by atoms with van der Waals surface area (Å²) in [7, 11) is 0. The van der Waals surface area contributed by atoms with Crippen molar-refractivity contribution in [2.75, 3.05) is 16.0 Å². The number of nitrogens with one attached hydrogen (secondary N) is 3. The number of amides is 2. The van der Waals surface area contributed by atoms with Crippen molar-refractivity contribution < 1.29 is 9.59 Å². The SMILES string of the molecule is Cc1cc2c(cc1C)N[C@H](CC(=O)Nc1ccc(Cl)cc1)C(=O)N2. The lowest BCUT2D eigenvalue weighted by molar-refractivity contribution is -0.122. The van der Waals surface area contributed by atoms with Gasteiger partial charge in [-0.3, -0.25) is 9.59 Å². The summed E-state index contributed by atoms with van der Waals surface area (Å²) in [6, 6.07) is 10.1. The van der Waals surface area contributed by atoms with Gasteiger partial charge >= 0.3 is 0 Å². The van der Waals surface area contributed by atoms with Crippen LogP contribution >= 0.6 is 11.6 Å². The summed E-state index contributed by atoms with van der Waals surface area (Å²) in [5.41, 5.74) is 4.46. The fourth-order valence-corrected chi connectivity index (χ4v) is 2.71. The largest absolute Gasteiger partial charge is 0.372 e. The van der Waals surface area contributed by atoms with Crippen LogP contribution in [0.1, 0.15) is 17.5 Å². The molecule has 3 N–H and O–H groups in total. The summed E-state index contributed by atoms with van der Waals surface area (Å²) in [6.45, 7) is 4.00. The first kappa shape index (κ1) is 16.3. The van der Waals surface area contributed by atoms with Crippen LogP contribution in [0.15, 0.2) is 36.4 Å². The zero-order valence-corrected chi connectivity index (χ0v) is 14.2. The van der Waals surface area contributed by atoms with Crippen molar-refractivity contribution >= 4 is 40.5 Å². The van der Waals surface area contributed by atoms with Crippen LogP contribution in [0.4, 0.5) is 17.1 Å². The van der Waals surface area contributed by atoms with Crippen molar-refractivity contribution in [3.05, 3.63) is 52.5 Å². The number of carbonyl (C=O) groups excluding carboxylic acids is 2. The average molecular weight is 344 g/mol. The van der Waals surface area contributed by atoms with Crippen molar-refractivity contribution in [1.29, 1.82) is 0 Å². The lowest BCUT2D eigenvalue weighted by Crippen LogP contribution is -2.41. The smallest absolute Gasteiger partial charge is 0.247 e. The molecule has 1 aliphatic rings. The Morgan fingerprint density at radius 2 is 1.75 bits per heavy atom. The first-order valence-electron chi connectivity index (χ1n) is 7.66. The van der Waals surface area contributed by atoms with Gasteiger partial charge in [0.05, 0.1) is 17.8 Å². The molecule has 0 aromatic heterocycles. The quantitative estimate of drug-likeness (QED) is 0.795. The van der Waals surface area contributed by atoms with Crippen LogP contribution in [-0.2, 0) is 9.59 Å². The van der Waals surface area contributed by atoms with Gasteiger partial charge in [-0.05, 0) is 61.4 Å². The van der Waals surface area contributed by atoms with Gasteiger partial charge in [-0.2, -0.15) is 0 Å². The van der Waals surface area contributed by atoms with E-state index < -0.39 is 6.04 Å². The topological polar surface area (TPSA) is 70.2 Å². The van der Waals surface area contributed by atoms with Crippen molar-refractivity contribution in [2.45, 2.75) is 26.3 Å². The molecule has 0 unspecified atom stereocenters. The highest BCUT2D eigenvalue weighted by Crippen LogP contribution is 2.30. The molecule has 5 nitrogen and oxygen atoms in total. The van der Waals surface area contributed by atoms with Crippen LogP contribution in [0.5, 0.6) is 0 Å². The number of aryl methyl sites for hydroxylation is 2. The van der Waals surface area contributed by atoms with E-state index in [1.54, 1.807) is 24.3 Å². The van der Waals surface area contributed by atoms with Gasteiger partial charge in [0.25, 0.3) is 0 Å². The molecule has 3 rings (SSSR count). The van der Waals surface area contributed by atoms with E-state index in [2.05, 4.69) is 16.0 Å². The van der Waals surface area contributed by atoms with Gasteiger partial charge in [0.1, 0.15) is 6.04 Å². The Balaban J connectivity index is 1.68. The second kappa shape index (κ2) is 6.53. The molecule has 1 aliphatic heterocycles. The summed E-state index contributed by atoms with van der Waals surface area (Å²) in [5, 5.41) is 9.37. The molecule has 0 fully saturated rings. The van der Waals surface area contributed by atoms with E-state index in [9.17, 15) is 9.59 Å². The van der Waals surface area contributed by atoms with Crippen LogP contribution in [0.2, 0.25) is 5.02 Å². The lowest BCUT2D eigenvalue weighted by atomic mass is 10.0. The highest BCUT2D eigenvalue weighted by molar-refractivity contribution is 6.30. The Kier molecular flexibility index (Phi) is 4.44. The molecule has 2 aromatic rings. The summed E-state index contributed by atoms with van der Waals surface area (Å²) in [5.74, 6) is -0.450. The molecule has 0 radical (unpaired) electrons. The van der Waals surface area contributed by atoms with E-state index >= 15 is 0 Å². The maximum atomic E-state index is 12.2. The number of hydrogen-bond acceptors (Lipinski definition) is 3. The van der Waals surface area contributed by atoms with E-state index in [0.29, 0.717) is 10.7 Å². The molecule has 2 amide bonds. The molecular formula is C18H18ClN3O2. The summed E-state index contributed by atoms with van der Waals surface area (Å²) < 4.78 is 0. The summed E-state index contributed by atoms with van der Waals surface area (Å²) in [6.07, 6.45) is 0.0425. The Hall–Kier alpha value is -2.53. The van der Waals surface area contributed by atoms with Crippen LogP contribution in [0.3, 0.4) is 0 Å². The number of benzene rings is 2. The summed E-state index contributed by atoms with van der Waals surface area (Å²) >= 11 is 5.82. The third-order valence-corrected chi connectivity index (χ3v) is 4.31. The summed E-state index contributed by atoms with van der Waals surface area (Å²) in [4.78, 5) is 24.4. The second-order valence-corrected chi connectivity index (χ2v) is 6.36. The fourth-order valence-electron chi connectivity index (χ4n) is 2.59. The Bertz CT molecular complexity index is 803. The van der Waals surface area contributed by atoms with Crippen molar-refractivity contribution in [2.24, 2.45) is 0 Å². The van der Waals surface area contributed by atoms with Gasteiger partial charge in [-0.25, -0.2) is 0 Å². The molecule has 0 spiro atoms. The number of rotatable bonds is 3. The predicted molar refractivity (Wildman–Crippen MR) is 96.7 cm³/mol. The minimum atomic E-state index is -0.605. The highest BCUT2D eigenvalue weighted by Gasteiger charge is 2.27. The van der Waals surface area contributed by atoms with Crippen LogP contribution in [-0.4, -0.2) is 17.9 Å². The second-order valence-electron chi connectivity index (χ2n) is 5.93. The normalized spacial score (nSPS) is 16.0. The fraction of sp³-hybridized carbons (Fsp3) is 0.222. The third-order valence-electron chi connectivity index (χ3n) is 4.06. The number of halogens is 1. The van der Waals surface area contributed by atoms with E-state index in [4.69, 9.17) is 11.6 Å². The van der Waals surface area contributed by atoms with Crippen LogP contribution in [0, 0.1) is 13.8 Å².